The third-order valence-corrected chi connectivity index (χ3v) is 4.40. The van der Waals surface area contributed by atoms with Gasteiger partial charge in [-0.05, 0) is 38.6 Å². The predicted molar refractivity (Wildman–Crippen MR) is 87.0 cm³/mol. The first kappa shape index (κ1) is 16.0. The predicted octanol–water partition coefficient (Wildman–Crippen LogP) is 2.08. The van der Waals surface area contributed by atoms with E-state index in [0.717, 1.165) is 37.4 Å². The molecule has 2 rings (SSSR count). The second-order valence-electron chi connectivity index (χ2n) is 5.97. The number of nitrogens with one attached hydrogen (secondary N) is 2. The highest BCUT2D eigenvalue weighted by atomic mass is 16.1. The number of rotatable bonds is 6. The first-order chi connectivity index (χ1) is 10.1. The van der Waals surface area contributed by atoms with Crippen molar-refractivity contribution < 1.29 is 0 Å². The third kappa shape index (κ3) is 4.30. The molecule has 2 N–H and O–H groups in total. The fourth-order valence-corrected chi connectivity index (χ4v) is 3.04. The Hall–Kier alpha value is -1.36. The molecule has 0 amide bonds. The fourth-order valence-electron chi connectivity index (χ4n) is 3.04. The molecule has 0 bridgehead atoms. The molecule has 1 aromatic heterocycles. The van der Waals surface area contributed by atoms with Gasteiger partial charge in [-0.3, -0.25) is 4.79 Å². The smallest absolute Gasteiger partial charge is 0.252 e. The van der Waals surface area contributed by atoms with Gasteiger partial charge in [0.15, 0.2) is 0 Å². The summed E-state index contributed by atoms with van der Waals surface area (Å²) in [4.78, 5) is 21.2. The van der Waals surface area contributed by atoms with Gasteiger partial charge in [-0.2, -0.15) is 0 Å². The summed E-state index contributed by atoms with van der Waals surface area (Å²) in [5.41, 5.74) is -0.0537. The van der Waals surface area contributed by atoms with E-state index in [1.54, 1.807) is 6.07 Å². The molecule has 5 nitrogen and oxygen atoms in total. The molecule has 21 heavy (non-hydrogen) atoms. The lowest BCUT2D eigenvalue weighted by atomic mass is 9.90. The van der Waals surface area contributed by atoms with E-state index in [1.165, 1.54) is 19.3 Å². The fraction of sp³-hybridized carbons (Fsp3) is 0.750. The summed E-state index contributed by atoms with van der Waals surface area (Å²) >= 11 is 0. The second-order valence-corrected chi connectivity index (χ2v) is 5.97. The highest BCUT2D eigenvalue weighted by Gasteiger charge is 2.24. The summed E-state index contributed by atoms with van der Waals surface area (Å²) in [6.45, 7) is 5.32. The van der Waals surface area contributed by atoms with Crippen LogP contribution in [-0.2, 0) is 6.42 Å². The van der Waals surface area contributed by atoms with Crippen molar-refractivity contribution in [2.75, 3.05) is 18.5 Å². The van der Waals surface area contributed by atoms with Crippen LogP contribution in [-0.4, -0.2) is 35.6 Å². The normalized spacial score (nSPS) is 22.2. The molecule has 1 aliphatic carbocycles. The lowest BCUT2D eigenvalue weighted by Gasteiger charge is -2.35. The van der Waals surface area contributed by atoms with Gasteiger partial charge >= 0.3 is 0 Å². The Kier molecular flexibility index (Phi) is 5.79. The zero-order chi connectivity index (χ0) is 15.2. The molecule has 0 aromatic carbocycles. The van der Waals surface area contributed by atoms with Crippen molar-refractivity contribution in [3.8, 4) is 0 Å². The molecular weight excluding hydrogens is 264 g/mol. The molecule has 1 heterocycles. The topological polar surface area (TPSA) is 61.0 Å². The zero-order valence-corrected chi connectivity index (χ0v) is 13.5. The Morgan fingerprint density at radius 3 is 2.67 bits per heavy atom. The van der Waals surface area contributed by atoms with Gasteiger partial charge < -0.3 is 15.2 Å². The van der Waals surface area contributed by atoms with E-state index in [2.05, 4.69) is 34.2 Å². The minimum Gasteiger partial charge on any atom is -0.356 e. The van der Waals surface area contributed by atoms with E-state index in [9.17, 15) is 4.79 Å². The molecule has 1 aliphatic rings. The molecule has 0 spiro atoms. The highest BCUT2D eigenvalue weighted by molar-refractivity contribution is 5.38. The minimum atomic E-state index is -0.0537. The first-order valence-corrected chi connectivity index (χ1v) is 8.20. The maximum atomic E-state index is 11.7. The van der Waals surface area contributed by atoms with Gasteiger partial charge in [0.2, 0.25) is 0 Å². The molecule has 0 aliphatic heterocycles. The quantitative estimate of drug-likeness (QED) is 0.843. The standard InChI is InChI=1S/C16H28N4O/c1-4-10-17-12-6-8-13(9-7-12)20(3)15-11-16(21)19-14(5-2)18-15/h11-13,17H,4-10H2,1-3H3,(H,18,19,21). The van der Waals surface area contributed by atoms with Gasteiger partial charge in [-0.25, -0.2) is 4.98 Å². The number of aromatic nitrogens is 2. The Bertz CT molecular complexity index is 491. The van der Waals surface area contributed by atoms with E-state index < -0.39 is 0 Å². The summed E-state index contributed by atoms with van der Waals surface area (Å²) < 4.78 is 0. The van der Waals surface area contributed by atoms with Crippen LogP contribution in [0.4, 0.5) is 5.82 Å². The van der Waals surface area contributed by atoms with Crippen molar-refractivity contribution in [2.45, 2.75) is 64.5 Å². The van der Waals surface area contributed by atoms with Crippen molar-refractivity contribution >= 4 is 5.82 Å². The summed E-state index contributed by atoms with van der Waals surface area (Å²) in [5, 5.41) is 3.61. The van der Waals surface area contributed by atoms with Gasteiger partial charge in [0, 0.05) is 31.6 Å². The van der Waals surface area contributed by atoms with E-state index in [4.69, 9.17) is 0 Å². The first-order valence-electron chi connectivity index (χ1n) is 8.20. The number of hydrogen-bond donors (Lipinski definition) is 2. The lowest BCUT2D eigenvalue weighted by Crippen LogP contribution is -2.41. The van der Waals surface area contributed by atoms with Gasteiger partial charge in [-0.1, -0.05) is 13.8 Å². The van der Waals surface area contributed by atoms with Crippen LogP contribution in [0.5, 0.6) is 0 Å². The summed E-state index contributed by atoms with van der Waals surface area (Å²) in [7, 11) is 2.06. The van der Waals surface area contributed by atoms with Gasteiger partial charge in [-0.15, -0.1) is 0 Å². The molecule has 118 valence electrons. The number of aromatic amines is 1. The Morgan fingerprint density at radius 2 is 2.05 bits per heavy atom. The van der Waals surface area contributed by atoms with Crippen LogP contribution in [0.25, 0.3) is 0 Å². The molecule has 0 saturated heterocycles. The Balaban J connectivity index is 1.97. The summed E-state index contributed by atoms with van der Waals surface area (Å²) in [6, 6.07) is 2.76. The highest BCUT2D eigenvalue weighted by Crippen LogP contribution is 2.25. The van der Waals surface area contributed by atoms with Crippen molar-refractivity contribution in [3.05, 3.63) is 22.2 Å². The van der Waals surface area contributed by atoms with Crippen molar-refractivity contribution in [3.63, 3.8) is 0 Å². The average Bonchev–Trinajstić information content (AvgIpc) is 2.52. The second kappa shape index (κ2) is 7.59. The van der Waals surface area contributed by atoms with Gasteiger partial charge in [0.1, 0.15) is 11.6 Å². The van der Waals surface area contributed by atoms with E-state index in [-0.39, 0.29) is 5.56 Å². The number of aryl methyl sites for hydroxylation is 1. The van der Waals surface area contributed by atoms with Crippen LogP contribution < -0.4 is 15.8 Å². The van der Waals surface area contributed by atoms with Crippen LogP contribution in [0.3, 0.4) is 0 Å². The molecule has 1 fully saturated rings. The molecule has 0 unspecified atom stereocenters. The largest absolute Gasteiger partial charge is 0.356 e. The van der Waals surface area contributed by atoms with Gasteiger partial charge in [0.25, 0.3) is 5.56 Å². The molecule has 1 saturated carbocycles. The van der Waals surface area contributed by atoms with E-state index in [1.807, 2.05) is 6.92 Å². The van der Waals surface area contributed by atoms with Crippen molar-refractivity contribution in [1.82, 2.24) is 15.3 Å². The Morgan fingerprint density at radius 1 is 1.33 bits per heavy atom. The zero-order valence-electron chi connectivity index (χ0n) is 13.5. The lowest BCUT2D eigenvalue weighted by molar-refractivity contribution is 0.336. The van der Waals surface area contributed by atoms with Crippen molar-refractivity contribution in [1.29, 1.82) is 0 Å². The molecule has 1 aromatic rings. The summed E-state index contributed by atoms with van der Waals surface area (Å²) in [5.74, 6) is 1.57. The SMILES string of the molecule is CCCNC1CCC(N(C)c2cc(=O)[nH]c(CC)n2)CC1. The molecule has 0 atom stereocenters. The summed E-state index contributed by atoms with van der Waals surface area (Å²) in [6.07, 6.45) is 6.68. The number of anilines is 1. The number of H-pyrrole nitrogens is 1. The maximum absolute atomic E-state index is 11.7. The van der Waals surface area contributed by atoms with E-state index >= 15 is 0 Å². The molecule has 5 heteroatoms. The average molecular weight is 292 g/mol. The third-order valence-electron chi connectivity index (χ3n) is 4.40. The van der Waals surface area contributed by atoms with Crippen LogP contribution in [0.2, 0.25) is 0 Å². The Labute approximate surface area is 127 Å². The van der Waals surface area contributed by atoms with Crippen LogP contribution >= 0.6 is 0 Å². The minimum absolute atomic E-state index is 0.0537. The number of hydrogen-bond acceptors (Lipinski definition) is 4. The maximum Gasteiger partial charge on any atom is 0.252 e. The monoisotopic (exact) mass is 292 g/mol. The van der Waals surface area contributed by atoms with Crippen LogP contribution in [0, 0.1) is 0 Å². The molecular formula is C16H28N4O. The van der Waals surface area contributed by atoms with Crippen LogP contribution in [0.1, 0.15) is 51.8 Å². The van der Waals surface area contributed by atoms with E-state index in [0.29, 0.717) is 12.1 Å². The van der Waals surface area contributed by atoms with Crippen molar-refractivity contribution in [2.24, 2.45) is 0 Å². The number of nitrogens with zero attached hydrogens (tertiary/aromatic N) is 2. The van der Waals surface area contributed by atoms with Crippen LogP contribution in [0.15, 0.2) is 10.9 Å². The molecule has 0 radical (unpaired) electrons. The van der Waals surface area contributed by atoms with Gasteiger partial charge in [0.05, 0.1) is 0 Å².